The zero-order chi connectivity index (χ0) is 65.2. The van der Waals surface area contributed by atoms with E-state index in [-0.39, 0.29) is 11.6 Å². The van der Waals surface area contributed by atoms with Gasteiger partial charge in [0.1, 0.15) is 59.2 Å². The Morgan fingerprint density at radius 1 is 0.518 bits per heavy atom. The fourth-order valence-electron chi connectivity index (χ4n) is 6.36. The molecule has 2 heterocycles. The number of ether oxygens (including phenoxy) is 7. The molecule has 0 N–H and O–H groups in total. The SMILES string of the molecule is CC(C)=O.CCOc1ccc(C2=C(C)OC(=O)C2=O)cc1.COc1ccc(/C=C(/C)O[Si](C)(C)C)cc1.COc1ccc(C2=C(C)OC(=O)C2=O)cc1.COc1ccc(CC(C)=O)cc1.COc1ccc(Cl)cc1.C[Si](C)(C)Cl.O=C(Cl)C(=O)Cl. The average Bonchev–Trinajstić information content (AvgIpc) is 3.63. The Bertz CT molecular complexity index is 3050. The summed E-state index contributed by atoms with van der Waals surface area (Å²) in [4.78, 5) is 84.3. The second-order valence-corrected chi connectivity index (χ2v) is 32.7. The summed E-state index contributed by atoms with van der Waals surface area (Å²) in [7, 11) is 3.86. The summed E-state index contributed by atoms with van der Waals surface area (Å²) in [6.07, 6.45) is 2.56. The van der Waals surface area contributed by atoms with Crippen molar-refractivity contribution in [3.05, 3.63) is 166 Å². The number of ketones is 4. The molecule has 22 heteroatoms. The van der Waals surface area contributed by atoms with Crippen LogP contribution in [0.5, 0.6) is 28.7 Å². The van der Waals surface area contributed by atoms with Crippen LogP contribution in [0.3, 0.4) is 0 Å². The van der Waals surface area contributed by atoms with Crippen LogP contribution in [-0.4, -0.2) is 96.3 Å². The molecule has 2 aliphatic heterocycles. The molecule has 16 nitrogen and oxygen atoms in total. The van der Waals surface area contributed by atoms with Crippen molar-refractivity contribution in [2.45, 2.75) is 94.2 Å². The van der Waals surface area contributed by atoms with Crippen molar-refractivity contribution in [3.63, 3.8) is 0 Å². The van der Waals surface area contributed by atoms with Crippen LogP contribution in [0.15, 0.2) is 139 Å². The lowest BCUT2D eigenvalue weighted by atomic mass is 10.0. The number of carbonyl (C=O) groups is 8. The van der Waals surface area contributed by atoms with Gasteiger partial charge in [-0.3, -0.25) is 24.0 Å². The Morgan fingerprint density at radius 2 is 0.824 bits per heavy atom. The van der Waals surface area contributed by atoms with Gasteiger partial charge in [-0.05, 0) is 192 Å². The van der Waals surface area contributed by atoms with Gasteiger partial charge in [-0.15, -0.1) is 0 Å². The van der Waals surface area contributed by atoms with Gasteiger partial charge in [-0.25, -0.2) is 9.59 Å². The Morgan fingerprint density at radius 3 is 1.09 bits per heavy atom. The highest BCUT2D eigenvalue weighted by atomic mass is 35.6. The molecule has 7 rings (SSSR count). The molecule has 0 bridgehead atoms. The second kappa shape index (κ2) is 40.1. The maximum atomic E-state index is 11.6. The first-order valence-corrected chi connectivity index (χ1v) is 35.0. The predicted molar refractivity (Wildman–Crippen MR) is 342 cm³/mol. The quantitative estimate of drug-likeness (QED) is 0.0253. The molecule has 0 aliphatic carbocycles. The summed E-state index contributed by atoms with van der Waals surface area (Å²) in [6, 6.07) is 36.6. The van der Waals surface area contributed by atoms with Crippen molar-refractivity contribution in [2.75, 3.05) is 35.0 Å². The normalized spacial score (nSPS) is 12.1. The van der Waals surface area contributed by atoms with Crippen LogP contribution in [0.2, 0.25) is 44.3 Å². The Hall–Kier alpha value is -7.33. The number of cyclic esters (lactones) is 2. The van der Waals surface area contributed by atoms with Crippen molar-refractivity contribution >= 4 is 124 Å². The molecular formula is C63H76Cl4O16Si2. The standard InChI is InChI=1S/C13H12O4.C13H20O2Si.C12H10O4.C10H12O2.C7H7ClO.C3H9ClSi.C3H6O.C2Cl2O2/c1-3-16-10-6-4-9(5-7-10)11-8(2)17-13(15)12(11)14;1-11(15-16(3,4)5)10-12-6-8-13(14-2)9-7-12;1-7-10(11(13)12(14)16-7)8-3-5-9(15-2)6-4-8;1-8(11)7-9-3-5-10(12-2)6-4-9;1-9-7-4-2-6(8)3-5-7;1-5(2,3)4;1-3(2)4;3-1(5)2(4)6/h4-7H,3H2,1-2H3;6-10H,1-5H3;3-6H,1-2H3;3-6H,7H2,1-2H3;2-5H,1H3;1-3H3;1-2H3;/b;11-10-;;;;;;. The third-order valence-corrected chi connectivity index (χ3v) is 11.2. The number of esters is 2. The zero-order valence-corrected chi connectivity index (χ0v) is 56.1. The van der Waals surface area contributed by atoms with E-state index in [1.165, 1.54) is 13.8 Å². The lowest BCUT2D eigenvalue weighted by Gasteiger charge is -2.19. The number of hydrogen-bond acceptors (Lipinski definition) is 16. The third-order valence-electron chi connectivity index (χ3n) is 9.62. The van der Waals surface area contributed by atoms with E-state index in [4.69, 9.17) is 60.3 Å². The molecule has 0 radical (unpaired) electrons. The molecule has 460 valence electrons. The van der Waals surface area contributed by atoms with Crippen LogP contribution in [0.25, 0.3) is 17.2 Å². The van der Waals surface area contributed by atoms with E-state index in [1.54, 1.807) is 110 Å². The van der Waals surface area contributed by atoms with Gasteiger partial charge < -0.3 is 42.4 Å². The van der Waals surface area contributed by atoms with Gasteiger partial charge >= 0.3 is 22.4 Å². The molecule has 5 aromatic rings. The average molecular weight is 1290 g/mol. The Kier molecular flexibility index (Phi) is 36.6. The van der Waals surface area contributed by atoms with Gasteiger partial charge in [0.2, 0.25) is 8.32 Å². The first-order valence-electron chi connectivity index (χ1n) is 25.9. The van der Waals surface area contributed by atoms with Gasteiger partial charge in [-0.1, -0.05) is 79.8 Å². The minimum absolute atomic E-state index is 0.167. The Labute approximate surface area is 521 Å². The minimum atomic E-state index is -1.48. The van der Waals surface area contributed by atoms with Crippen LogP contribution in [0.4, 0.5) is 0 Å². The van der Waals surface area contributed by atoms with Crippen molar-refractivity contribution in [3.8, 4) is 28.7 Å². The van der Waals surface area contributed by atoms with Crippen molar-refractivity contribution in [1.82, 2.24) is 0 Å². The van der Waals surface area contributed by atoms with Crippen LogP contribution in [0.1, 0.15) is 70.7 Å². The van der Waals surface area contributed by atoms with Crippen molar-refractivity contribution in [1.29, 1.82) is 0 Å². The summed E-state index contributed by atoms with van der Waals surface area (Å²) < 4.78 is 40.7. The molecule has 0 spiro atoms. The number of rotatable bonds is 14. The first kappa shape index (κ1) is 77.7. The molecule has 0 aromatic heterocycles. The molecule has 85 heavy (non-hydrogen) atoms. The highest BCUT2D eigenvalue weighted by Gasteiger charge is 2.33. The summed E-state index contributed by atoms with van der Waals surface area (Å²) in [5.41, 5.74) is 4.15. The van der Waals surface area contributed by atoms with E-state index >= 15 is 0 Å². The van der Waals surface area contributed by atoms with Crippen molar-refractivity contribution < 1.29 is 75.9 Å². The molecule has 2 aliphatic rings. The van der Waals surface area contributed by atoms with Crippen molar-refractivity contribution in [2.24, 2.45) is 0 Å². The summed E-state index contributed by atoms with van der Waals surface area (Å²) in [5.74, 6) is 3.16. The molecule has 0 amide bonds. The number of allylic oxidation sites excluding steroid dienone is 3. The Balaban J connectivity index is 0.000000988. The van der Waals surface area contributed by atoms with E-state index in [9.17, 15) is 38.4 Å². The molecule has 0 saturated heterocycles. The van der Waals surface area contributed by atoms with Crippen LogP contribution < -0.4 is 23.7 Å². The highest BCUT2D eigenvalue weighted by molar-refractivity contribution is 7.18. The fourth-order valence-corrected chi connectivity index (χ4v) is 7.51. The van der Waals surface area contributed by atoms with Crippen LogP contribution in [0, 0.1) is 0 Å². The van der Waals surface area contributed by atoms with E-state index in [0.717, 1.165) is 44.9 Å². The lowest BCUT2D eigenvalue weighted by molar-refractivity contribution is -0.146. The number of benzene rings is 5. The van der Waals surface area contributed by atoms with E-state index in [0.29, 0.717) is 52.6 Å². The molecular weight excluding hydrogens is 1210 g/mol. The molecule has 5 aromatic carbocycles. The molecule has 0 fully saturated rings. The monoisotopic (exact) mass is 1280 g/mol. The number of halogens is 4. The van der Waals surface area contributed by atoms with Gasteiger partial charge in [0.15, 0.2) is 0 Å². The van der Waals surface area contributed by atoms with Gasteiger partial charge in [-0.2, -0.15) is 11.1 Å². The summed E-state index contributed by atoms with van der Waals surface area (Å²) in [5, 5.41) is -1.55. The molecule has 0 atom stereocenters. The molecule has 0 unspecified atom stereocenters. The van der Waals surface area contributed by atoms with Gasteiger partial charge in [0.25, 0.3) is 11.6 Å². The summed E-state index contributed by atoms with van der Waals surface area (Å²) >= 11 is 20.3. The second-order valence-electron chi connectivity index (χ2n) is 19.6. The largest absolute Gasteiger partial charge is 0.548 e. The number of Topliss-reactive ketones (excluding diaryl/α,β-unsaturated/α-hetero) is 4. The van der Waals surface area contributed by atoms with Gasteiger partial charge in [0.05, 0.1) is 52.0 Å². The summed E-state index contributed by atoms with van der Waals surface area (Å²) in [6.45, 7) is 25.1. The number of carbonyl (C=O) groups excluding carboxylic acids is 8. The maximum absolute atomic E-state index is 11.6. The van der Waals surface area contributed by atoms with Gasteiger partial charge in [0, 0.05) is 11.4 Å². The van der Waals surface area contributed by atoms with Crippen LogP contribution >= 0.6 is 45.9 Å². The third kappa shape index (κ3) is 34.9. The first-order chi connectivity index (χ1) is 39.6. The maximum Gasteiger partial charge on any atom is 0.384 e. The predicted octanol–water partition coefficient (Wildman–Crippen LogP) is 14.7. The van der Waals surface area contributed by atoms with E-state index in [2.05, 4.69) is 68.6 Å². The molecule has 0 saturated carbocycles. The lowest BCUT2D eigenvalue weighted by Crippen LogP contribution is -2.23. The topological polar surface area (TPSA) is 210 Å². The smallest absolute Gasteiger partial charge is 0.384 e. The van der Waals surface area contributed by atoms with Crippen LogP contribution in [-0.2, 0) is 58.7 Å². The zero-order valence-electron chi connectivity index (χ0n) is 51.1. The number of hydrogen-bond donors (Lipinski definition) is 0. The fraction of sp³-hybridized carbons (Fsp3) is 0.302. The highest BCUT2D eigenvalue weighted by Crippen LogP contribution is 2.29. The number of methoxy groups -OCH3 is 4. The minimum Gasteiger partial charge on any atom is -0.548 e. The van der Waals surface area contributed by atoms with E-state index in [1.807, 2.05) is 74.5 Å². The van der Waals surface area contributed by atoms with E-state index < -0.39 is 49.7 Å².